The molecule has 0 amide bonds. The molecule has 0 unspecified atom stereocenters. The van der Waals surface area contributed by atoms with Crippen molar-refractivity contribution in [2.24, 2.45) is 0 Å². The first-order valence-corrected chi connectivity index (χ1v) is 8.15. The maximum atomic E-state index is 5.40. The van der Waals surface area contributed by atoms with E-state index in [1.807, 2.05) is 60.4 Å². The van der Waals surface area contributed by atoms with Crippen LogP contribution in [0.4, 0.5) is 23.1 Å². The van der Waals surface area contributed by atoms with Gasteiger partial charge in [-0.3, -0.25) is 0 Å². The van der Waals surface area contributed by atoms with E-state index in [1.54, 1.807) is 13.3 Å². The topological polar surface area (TPSA) is 63.2 Å². The molecule has 1 aromatic heterocycles. The lowest BCUT2D eigenvalue weighted by Gasteiger charge is -2.20. The van der Waals surface area contributed by atoms with Crippen molar-refractivity contribution in [3.8, 4) is 5.75 Å². The van der Waals surface area contributed by atoms with E-state index in [-0.39, 0.29) is 0 Å². The van der Waals surface area contributed by atoms with Crippen LogP contribution in [0.2, 0.25) is 0 Å². The molecular weight excluding hydrogens is 314 g/mol. The van der Waals surface area contributed by atoms with Gasteiger partial charge in [0.1, 0.15) is 5.75 Å². The Kier molecular flexibility index (Phi) is 5.09. The average molecular weight is 335 g/mol. The van der Waals surface area contributed by atoms with Crippen LogP contribution in [0.25, 0.3) is 0 Å². The number of nitrogens with zero attached hydrogens (tertiary/aromatic N) is 4. The van der Waals surface area contributed by atoms with E-state index in [4.69, 9.17) is 4.74 Å². The number of aromatic nitrogens is 3. The molecule has 2 aromatic carbocycles. The molecule has 0 atom stereocenters. The van der Waals surface area contributed by atoms with Crippen molar-refractivity contribution in [2.75, 3.05) is 23.9 Å². The molecular formula is C19H21N5O. The Bertz CT molecular complexity index is 838. The van der Waals surface area contributed by atoms with Crippen LogP contribution < -0.4 is 15.0 Å². The summed E-state index contributed by atoms with van der Waals surface area (Å²) < 4.78 is 5.40. The molecule has 0 aliphatic heterocycles. The summed E-state index contributed by atoms with van der Waals surface area (Å²) in [5, 5.41) is 11.5. The molecule has 0 aliphatic carbocycles. The van der Waals surface area contributed by atoms with Crippen LogP contribution in [0.3, 0.4) is 0 Å². The van der Waals surface area contributed by atoms with Crippen molar-refractivity contribution >= 4 is 23.1 Å². The van der Waals surface area contributed by atoms with Crippen LogP contribution in [0.15, 0.2) is 54.7 Å². The van der Waals surface area contributed by atoms with Crippen LogP contribution in [-0.2, 0) is 0 Å². The fourth-order valence-corrected chi connectivity index (χ4v) is 2.57. The first-order chi connectivity index (χ1) is 12.2. The number of ether oxygens (including phenoxy) is 1. The van der Waals surface area contributed by atoms with Crippen molar-refractivity contribution in [3.05, 3.63) is 60.3 Å². The van der Waals surface area contributed by atoms with Gasteiger partial charge in [-0.15, -0.1) is 5.10 Å². The monoisotopic (exact) mass is 335 g/mol. The molecule has 1 heterocycles. The molecule has 3 rings (SSSR count). The Morgan fingerprint density at radius 3 is 2.64 bits per heavy atom. The average Bonchev–Trinajstić information content (AvgIpc) is 2.64. The van der Waals surface area contributed by atoms with Gasteiger partial charge in [-0.05, 0) is 43.7 Å². The lowest BCUT2D eigenvalue weighted by Crippen LogP contribution is -2.19. The third-order valence-corrected chi connectivity index (χ3v) is 3.79. The van der Waals surface area contributed by atoms with Gasteiger partial charge in [0, 0.05) is 12.2 Å². The van der Waals surface area contributed by atoms with Crippen molar-refractivity contribution in [3.63, 3.8) is 0 Å². The lowest BCUT2D eigenvalue weighted by molar-refractivity contribution is 0.416. The quantitative estimate of drug-likeness (QED) is 0.732. The van der Waals surface area contributed by atoms with Crippen molar-refractivity contribution in [2.45, 2.75) is 13.8 Å². The molecule has 6 nitrogen and oxygen atoms in total. The summed E-state index contributed by atoms with van der Waals surface area (Å²) in [6, 6.07) is 16.0. The first-order valence-electron chi connectivity index (χ1n) is 8.15. The number of aryl methyl sites for hydroxylation is 1. The normalized spacial score (nSPS) is 10.4. The zero-order valence-electron chi connectivity index (χ0n) is 14.6. The smallest absolute Gasteiger partial charge is 0.251 e. The highest BCUT2D eigenvalue weighted by atomic mass is 16.5. The minimum atomic E-state index is 0.547. The number of hydrogen-bond acceptors (Lipinski definition) is 6. The highest BCUT2D eigenvalue weighted by Crippen LogP contribution is 2.28. The van der Waals surface area contributed by atoms with Gasteiger partial charge in [0.2, 0.25) is 0 Å². The maximum Gasteiger partial charge on any atom is 0.251 e. The van der Waals surface area contributed by atoms with Gasteiger partial charge >= 0.3 is 0 Å². The summed E-state index contributed by atoms with van der Waals surface area (Å²) in [5.74, 6) is 1.91. The van der Waals surface area contributed by atoms with Gasteiger partial charge < -0.3 is 15.0 Å². The van der Waals surface area contributed by atoms with E-state index in [2.05, 4.69) is 27.4 Å². The van der Waals surface area contributed by atoms with Crippen LogP contribution in [-0.4, -0.2) is 28.8 Å². The molecule has 25 heavy (non-hydrogen) atoms. The van der Waals surface area contributed by atoms with Gasteiger partial charge in [0.25, 0.3) is 5.95 Å². The zero-order chi connectivity index (χ0) is 17.6. The second kappa shape index (κ2) is 7.61. The molecule has 0 bridgehead atoms. The maximum absolute atomic E-state index is 5.40. The fourth-order valence-electron chi connectivity index (χ4n) is 2.57. The molecule has 0 aliphatic rings. The van der Waals surface area contributed by atoms with Gasteiger partial charge in [0.05, 0.1) is 19.0 Å². The molecule has 0 radical (unpaired) electrons. The van der Waals surface area contributed by atoms with Crippen LogP contribution in [0, 0.1) is 6.92 Å². The Hall–Kier alpha value is -3.15. The highest BCUT2D eigenvalue weighted by molar-refractivity contribution is 5.66. The summed E-state index contributed by atoms with van der Waals surface area (Å²) in [5.41, 5.74) is 3.00. The van der Waals surface area contributed by atoms with Crippen LogP contribution in [0.5, 0.6) is 5.75 Å². The van der Waals surface area contributed by atoms with E-state index in [0.717, 1.165) is 29.2 Å². The number of rotatable bonds is 6. The molecule has 0 fully saturated rings. The predicted octanol–water partition coefficient (Wildman–Crippen LogP) is 4.09. The Labute approximate surface area is 147 Å². The zero-order valence-corrected chi connectivity index (χ0v) is 14.6. The summed E-state index contributed by atoms with van der Waals surface area (Å²) in [6.07, 6.45) is 1.60. The predicted molar refractivity (Wildman–Crippen MR) is 100.0 cm³/mol. The second-order valence-electron chi connectivity index (χ2n) is 5.55. The third-order valence-electron chi connectivity index (χ3n) is 3.79. The summed E-state index contributed by atoms with van der Waals surface area (Å²) in [4.78, 5) is 6.61. The molecule has 128 valence electrons. The Balaban J connectivity index is 1.90. The summed E-state index contributed by atoms with van der Waals surface area (Å²) >= 11 is 0. The van der Waals surface area contributed by atoms with Gasteiger partial charge in [-0.25, -0.2) is 0 Å². The number of anilines is 4. The van der Waals surface area contributed by atoms with E-state index in [9.17, 15) is 0 Å². The lowest BCUT2D eigenvalue weighted by atomic mass is 10.2. The molecule has 0 saturated carbocycles. The number of nitrogens with one attached hydrogen (secondary N) is 1. The molecule has 1 N–H and O–H groups in total. The number of methoxy groups -OCH3 is 1. The summed E-state index contributed by atoms with van der Waals surface area (Å²) in [7, 11) is 1.65. The molecule has 6 heteroatoms. The number of para-hydroxylation sites is 1. The van der Waals surface area contributed by atoms with Gasteiger partial charge in [-0.2, -0.15) is 10.1 Å². The third kappa shape index (κ3) is 3.85. The van der Waals surface area contributed by atoms with E-state index in [0.29, 0.717) is 11.8 Å². The Morgan fingerprint density at radius 2 is 1.92 bits per heavy atom. The first kappa shape index (κ1) is 16.7. The largest absolute Gasteiger partial charge is 0.495 e. The van der Waals surface area contributed by atoms with Crippen molar-refractivity contribution < 1.29 is 4.74 Å². The van der Waals surface area contributed by atoms with Crippen LogP contribution in [0.1, 0.15) is 12.5 Å². The second-order valence-corrected chi connectivity index (χ2v) is 5.55. The fraction of sp³-hybridized carbons (Fsp3) is 0.211. The van der Waals surface area contributed by atoms with Crippen LogP contribution >= 0.6 is 0 Å². The van der Waals surface area contributed by atoms with Crippen molar-refractivity contribution in [1.82, 2.24) is 15.2 Å². The number of hydrogen-bond donors (Lipinski definition) is 1. The van der Waals surface area contributed by atoms with Crippen molar-refractivity contribution in [1.29, 1.82) is 0 Å². The van der Waals surface area contributed by atoms with E-state index < -0.39 is 0 Å². The molecule has 0 spiro atoms. The van der Waals surface area contributed by atoms with E-state index >= 15 is 0 Å². The highest BCUT2D eigenvalue weighted by Gasteiger charge is 2.12. The number of benzene rings is 2. The summed E-state index contributed by atoms with van der Waals surface area (Å²) in [6.45, 7) is 4.82. The minimum Gasteiger partial charge on any atom is -0.495 e. The van der Waals surface area contributed by atoms with Gasteiger partial charge in [0.15, 0.2) is 5.82 Å². The minimum absolute atomic E-state index is 0.547. The standard InChI is InChI=1S/C19H21N5O/c1-4-24(15-8-6-5-7-9-15)19-22-18(13-20-23-19)21-16-12-14(2)10-11-17(16)25-3/h5-13H,4H2,1-3H3,(H,21,22,23). The molecule has 3 aromatic rings. The SMILES string of the molecule is CCN(c1ccccc1)c1nncc(Nc2cc(C)ccc2OC)n1. The molecule has 0 saturated heterocycles. The van der Waals surface area contributed by atoms with E-state index in [1.165, 1.54) is 0 Å². The Morgan fingerprint density at radius 1 is 1.12 bits per heavy atom. The van der Waals surface area contributed by atoms with Gasteiger partial charge in [-0.1, -0.05) is 24.3 Å².